The molecule has 1 heterocycles. The van der Waals surface area contributed by atoms with Crippen molar-refractivity contribution < 1.29 is 0 Å². The Hall–Kier alpha value is -0.540. The van der Waals surface area contributed by atoms with E-state index in [0.717, 1.165) is 19.5 Å². The van der Waals surface area contributed by atoms with Gasteiger partial charge in [0.2, 0.25) is 0 Å². The first-order chi connectivity index (χ1) is 8.47. The van der Waals surface area contributed by atoms with Gasteiger partial charge in [-0.15, -0.1) is 0 Å². The normalized spacial score (nSPS) is 28.5. The monoisotopic (exact) mass is 310 g/mol. The largest absolute Gasteiger partial charge is 0.365 e. The summed E-state index contributed by atoms with van der Waals surface area (Å²) < 4.78 is 1.20. The van der Waals surface area contributed by atoms with Crippen molar-refractivity contribution in [3.8, 4) is 0 Å². The number of nitrogens with zero attached hydrogens (tertiary/aromatic N) is 1. The first-order valence-corrected chi connectivity index (χ1v) is 7.53. The number of anilines is 1. The topological polar surface area (TPSA) is 15.3 Å². The number of rotatable bonds is 2. The van der Waals surface area contributed by atoms with E-state index < -0.39 is 0 Å². The molecule has 100 valence electrons. The minimum Gasteiger partial charge on any atom is -0.365 e. The molecule has 2 unspecified atom stereocenters. The van der Waals surface area contributed by atoms with Crippen molar-refractivity contribution in [3.05, 3.63) is 28.2 Å². The second kappa shape index (κ2) is 5.22. The van der Waals surface area contributed by atoms with E-state index in [-0.39, 0.29) is 5.54 Å². The van der Waals surface area contributed by atoms with E-state index in [4.69, 9.17) is 0 Å². The third-order valence-corrected chi connectivity index (χ3v) is 5.06. The number of benzene rings is 1. The molecule has 1 N–H and O–H groups in total. The van der Waals surface area contributed by atoms with Gasteiger partial charge >= 0.3 is 0 Å². The second-order valence-corrected chi connectivity index (χ2v) is 6.51. The fourth-order valence-electron chi connectivity index (χ4n) is 2.56. The molecule has 1 aromatic carbocycles. The summed E-state index contributed by atoms with van der Waals surface area (Å²) in [6, 6.07) is 7.02. The summed E-state index contributed by atoms with van der Waals surface area (Å²) in [5.74, 6) is 0. The molecular formula is C15H23BrN2. The zero-order chi connectivity index (χ0) is 13.3. The van der Waals surface area contributed by atoms with Crippen LogP contribution < -0.4 is 10.2 Å². The van der Waals surface area contributed by atoms with Crippen LogP contribution in [0.2, 0.25) is 0 Å². The fourth-order valence-corrected chi connectivity index (χ4v) is 2.91. The fraction of sp³-hybridized carbons (Fsp3) is 0.600. The van der Waals surface area contributed by atoms with Crippen LogP contribution in [0.5, 0.6) is 0 Å². The Morgan fingerprint density at radius 3 is 2.89 bits per heavy atom. The number of piperazine rings is 1. The molecule has 0 aromatic heterocycles. The van der Waals surface area contributed by atoms with Gasteiger partial charge in [0.15, 0.2) is 0 Å². The highest BCUT2D eigenvalue weighted by Crippen LogP contribution is 2.31. The molecule has 1 saturated heterocycles. The van der Waals surface area contributed by atoms with E-state index in [1.54, 1.807) is 0 Å². The summed E-state index contributed by atoms with van der Waals surface area (Å²) in [6.07, 6.45) is 1.16. The molecule has 0 spiro atoms. The number of hydrogen-bond acceptors (Lipinski definition) is 2. The van der Waals surface area contributed by atoms with Crippen LogP contribution in [-0.2, 0) is 0 Å². The van der Waals surface area contributed by atoms with Gasteiger partial charge in [0.05, 0.1) is 0 Å². The Labute approximate surface area is 119 Å². The van der Waals surface area contributed by atoms with Crippen LogP contribution in [0.15, 0.2) is 22.7 Å². The van der Waals surface area contributed by atoms with Crippen LogP contribution in [0.4, 0.5) is 5.69 Å². The smallest absolute Gasteiger partial charge is 0.0410 e. The summed E-state index contributed by atoms with van der Waals surface area (Å²) in [5, 5.41) is 3.68. The number of hydrogen-bond donors (Lipinski definition) is 1. The molecule has 0 saturated carbocycles. The molecule has 2 nitrogen and oxygen atoms in total. The van der Waals surface area contributed by atoms with E-state index in [0.29, 0.717) is 6.04 Å². The molecule has 1 fully saturated rings. The lowest BCUT2D eigenvalue weighted by atomic mass is 9.93. The minimum absolute atomic E-state index is 0.223. The first-order valence-electron chi connectivity index (χ1n) is 6.73. The third kappa shape index (κ3) is 2.57. The number of halogens is 1. The highest BCUT2D eigenvalue weighted by Gasteiger charge is 2.33. The van der Waals surface area contributed by atoms with Gasteiger partial charge in [-0.3, -0.25) is 0 Å². The molecule has 18 heavy (non-hydrogen) atoms. The molecule has 2 atom stereocenters. The van der Waals surface area contributed by atoms with Crippen LogP contribution in [0.1, 0.15) is 32.8 Å². The highest BCUT2D eigenvalue weighted by molar-refractivity contribution is 9.10. The van der Waals surface area contributed by atoms with E-state index in [1.165, 1.54) is 15.7 Å². The molecule has 0 radical (unpaired) electrons. The Kier molecular flexibility index (Phi) is 4.02. The van der Waals surface area contributed by atoms with Crippen LogP contribution in [0.25, 0.3) is 0 Å². The summed E-state index contributed by atoms with van der Waals surface area (Å²) in [5.41, 5.74) is 2.92. The van der Waals surface area contributed by atoms with Crippen LogP contribution in [0, 0.1) is 6.92 Å². The Bertz CT molecular complexity index is 433. The molecule has 1 aliphatic rings. The molecule has 0 bridgehead atoms. The number of nitrogens with one attached hydrogen (secondary N) is 1. The molecule has 1 aromatic rings. The van der Waals surface area contributed by atoms with E-state index >= 15 is 0 Å². The Balaban J connectivity index is 2.33. The van der Waals surface area contributed by atoms with Crippen molar-refractivity contribution in [2.24, 2.45) is 0 Å². The maximum absolute atomic E-state index is 3.68. The minimum atomic E-state index is 0.223. The third-order valence-electron chi connectivity index (χ3n) is 4.20. The Morgan fingerprint density at radius 2 is 2.22 bits per heavy atom. The molecule has 0 amide bonds. The molecule has 1 aliphatic heterocycles. The quantitative estimate of drug-likeness (QED) is 0.895. The van der Waals surface area contributed by atoms with Crippen molar-refractivity contribution in [2.45, 2.75) is 45.7 Å². The average Bonchev–Trinajstić information content (AvgIpc) is 2.36. The first kappa shape index (κ1) is 13.9. The van der Waals surface area contributed by atoms with Gasteiger partial charge in [0.25, 0.3) is 0 Å². The lowest BCUT2D eigenvalue weighted by Crippen LogP contribution is -2.62. The lowest BCUT2D eigenvalue weighted by molar-refractivity contribution is 0.285. The summed E-state index contributed by atoms with van der Waals surface area (Å²) in [7, 11) is 0. The van der Waals surface area contributed by atoms with Crippen LogP contribution >= 0.6 is 15.9 Å². The van der Waals surface area contributed by atoms with Crippen molar-refractivity contribution in [1.29, 1.82) is 0 Å². The van der Waals surface area contributed by atoms with E-state index in [2.05, 4.69) is 72.0 Å². The van der Waals surface area contributed by atoms with Gasteiger partial charge in [0.1, 0.15) is 0 Å². The van der Waals surface area contributed by atoms with Crippen molar-refractivity contribution in [3.63, 3.8) is 0 Å². The van der Waals surface area contributed by atoms with Gasteiger partial charge in [-0.25, -0.2) is 0 Å². The zero-order valence-electron chi connectivity index (χ0n) is 11.8. The zero-order valence-corrected chi connectivity index (χ0v) is 13.3. The summed E-state index contributed by atoms with van der Waals surface area (Å²) in [4.78, 5) is 2.54. The van der Waals surface area contributed by atoms with Crippen molar-refractivity contribution in [2.75, 3.05) is 18.0 Å². The van der Waals surface area contributed by atoms with Gasteiger partial charge in [0, 0.05) is 34.8 Å². The summed E-state index contributed by atoms with van der Waals surface area (Å²) >= 11 is 3.64. The van der Waals surface area contributed by atoms with Gasteiger partial charge in [-0.05, 0) is 44.9 Å². The predicted octanol–water partition coefficient (Wildman–Crippen LogP) is 3.72. The van der Waals surface area contributed by atoms with Gasteiger partial charge in [-0.1, -0.05) is 28.9 Å². The molecule has 0 aliphatic carbocycles. The second-order valence-electron chi connectivity index (χ2n) is 5.66. The molecule has 2 rings (SSSR count). The van der Waals surface area contributed by atoms with Crippen LogP contribution in [0.3, 0.4) is 0 Å². The van der Waals surface area contributed by atoms with Gasteiger partial charge < -0.3 is 10.2 Å². The Morgan fingerprint density at radius 1 is 1.50 bits per heavy atom. The summed E-state index contributed by atoms with van der Waals surface area (Å²) in [6.45, 7) is 11.2. The molecule has 3 heteroatoms. The average molecular weight is 311 g/mol. The molecular weight excluding hydrogens is 288 g/mol. The highest BCUT2D eigenvalue weighted by atomic mass is 79.9. The van der Waals surface area contributed by atoms with E-state index in [9.17, 15) is 0 Å². The van der Waals surface area contributed by atoms with Crippen molar-refractivity contribution >= 4 is 21.6 Å². The SMILES string of the molecule is CCC1(C)CN(c2cccc(Br)c2C)C(C)CN1. The van der Waals surface area contributed by atoms with Gasteiger partial charge in [-0.2, -0.15) is 0 Å². The van der Waals surface area contributed by atoms with Crippen molar-refractivity contribution in [1.82, 2.24) is 5.32 Å². The van der Waals surface area contributed by atoms with Crippen LogP contribution in [-0.4, -0.2) is 24.7 Å². The maximum Gasteiger partial charge on any atom is 0.0410 e. The van der Waals surface area contributed by atoms with E-state index in [1.807, 2.05) is 0 Å². The standard InChI is InChI=1S/C15H23BrN2/c1-5-15(4)10-18(11(2)9-17-15)14-8-6-7-13(16)12(14)3/h6-8,11,17H,5,9-10H2,1-4H3. The lowest BCUT2D eigenvalue weighted by Gasteiger charge is -2.46. The maximum atomic E-state index is 3.68. The predicted molar refractivity (Wildman–Crippen MR) is 82.4 cm³/mol.